The fourth-order valence-electron chi connectivity index (χ4n) is 4.19. The van der Waals surface area contributed by atoms with Gasteiger partial charge < -0.3 is 19.9 Å². The first-order chi connectivity index (χ1) is 14.5. The van der Waals surface area contributed by atoms with Gasteiger partial charge in [-0.05, 0) is 57.0 Å². The number of nitrogens with one attached hydrogen (secondary N) is 1. The molecule has 3 heterocycles. The molecule has 2 aliphatic rings. The Hall–Kier alpha value is -2.74. The molecule has 2 aromatic rings. The standard InChI is InChI=1S/C22H28FN5O2/c1-24-21-17-10-12-27(2)13-18(17)25-22(26-21)19-5-3-4-11-28(19)20(29)14-30-16-8-6-15(23)7-9-16/h6-9,19H,3-5,10-14H2,1-2H3,(H,24,25,26)/t19-/m0/s1. The molecule has 0 bridgehead atoms. The first kappa shape index (κ1) is 20.5. The third kappa shape index (κ3) is 4.38. The molecule has 0 saturated carbocycles. The second kappa shape index (κ2) is 8.95. The molecule has 1 atom stereocenters. The summed E-state index contributed by atoms with van der Waals surface area (Å²) in [5.74, 6) is 1.60. The highest BCUT2D eigenvalue weighted by Crippen LogP contribution is 2.32. The molecule has 1 saturated heterocycles. The third-order valence-electron chi connectivity index (χ3n) is 5.81. The lowest BCUT2D eigenvalue weighted by molar-refractivity contribution is -0.137. The molecule has 0 unspecified atom stereocenters. The summed E-state index contributed by atoms with van der Waals surface area (Å²) in [4.78, 5) is 26.7. The number of nitrogens with zero attached hydrogens (tertiary/aromatic N) is 4. The summed E-state index contributed by atoms with van der Waals surface area (Å²) in [5, 5.41) is 3.22. The monoisotopic (exact) mass is 413 g/mol. The lowest BCUT2D eigenvalue weighted by atomic mass is 10.00. The van der Waals surface area contributed by atoms with E-state index < -0.39 is 0 Å². The van der Waals surface area contributed by atoms with E-state index in [0.29, 0.717) is 18.1 Å². The smallest absolute Gasteiger partial charge is 0.261 e. The van der Waals surface area contributed by atoms with Crippen LogP contribution in [0, 0.1) is 5.82 Å². The van der Waals surface area contributed by atoms with Gasteiger partial charge in [-0.3, -0.25) is 4.79 Å². The number of likely N-dealkylation sites (N-methyl/N-ethyl adjacent to an activating group) is 1. The number of amides is 1. The molecule has 1 N–H and O–H groups in total. The molecule has 1 aromatic heterocycles. The number of ether oxygens (including phenoxy) is 1. The molecular weight excluding hydrogens is 385 g/mol. The molecule has 160 valence electrons. The van der Waals surface area contributed by atoms with Crippen molar-refractivity contribution in [2.24, 2.45) is 0 Å². The van der Waals surface area contributed by atoms with Crippen LogP contribution in [0.15, 0.2) is 24.3 Å². The predicted molar refractivity (Wildman–Crippen MR) is 112 cm³/mol. The number of hydrogen-bond donors (Lipinski definition) is 1. The Kier molecular flexibility index (Phi) is 6.13. The average molecular weight is 413 g/mol. The van der Waals surface area contributed by atoms with E-state index >= 15 is 0 Å². The van der Waals surface area contributed by atoms with E-state index in [2.05, 4.69) is 17.3 Å². The number of piperidine rings is 1. The van der Waals surface area contributed by atoms with Crippen molar-refractivity contribution in [3.05, 3.63) is 47.2 Å². The van der Waals surface area contributed by atoms with Crippen LogP contribution in [0.4, 0.5) is 10.2 Å². The third-order valence-corrected chi connectivity index (χ3v) is 5.81. The van der Waals surface area contributed by atoms with Gasteiger partial charge in [-0.25, -0.2) is 14.4 Å². The number of benzene rings is 1. The average Bonchev–Trinajstić information content (AvgIpc) is 2.77. The SMILES string of the molecule is CNc1nc([C@@H]2CCCCN2C(=O)COc2ccc(F)cc2)nc2c1CCN(C)C2. The minimum absolute atomic E-state index is 0.0886. The van der Waals surface area contributed by atoms with E-state index in [0.717, 1.165) is 50.3 Å². The second-order valence-corrected chi connectivity index (χ2v) is 7.93. The van der Waals surface area contributed by atoms with Crippen LogP contribution >= 0.6 is 0 Å². The maximum absolute atomic E-state index is 13.1. The summed E-state index contributed by atoms with van der Waals surface area (Å²) in [7, 11) is 3.97. The van der Waals surface area contributed by atoms with Gasteiger partial charge in [0.15, 0.2) is 12.4 Å². The summed E-state index contributed by atoms with van der Waals surface area (Å²) in [6.07, 6.45) is 3.73. The van der Waals surface area contributed by atoms with Crippen molar-refractivity contribution in [1.29, 1.82) is 0 Å². The van der Waals surface area contributed by atoms with Gasteiger partial charge in [-0.1, -0.05) is 0 Å². The van der Waals surface area contributed by atoms with Crippen molar-refractivity contribution < 1.29 is 13.9 Å². The number of halogens is 1. The summed E-state index contributed by atoms with van der Waals surface area (Å²) in [6, 6.07) is 5.53. The Morgan fingerprint density at radius 1 is 1.23 bits per heavy atom. The quantitative estimate of drug-likeness (QED) is 0.813. The summed E-state index contributed by atoms with van der Waals surface area (Å²) in [6.45, 7) is 2.34. The first-order valence-electron chi connectivity index (χ1n) is 10.5. The molecule has 0 aliphatic carbocycles. The molecule has 7 nitrogen and oxygen atoms in total. The molecule has 0 spiro atoms. The second-order valence-electron chi connectivity index (χ2n) is 7.93. The van der Waals surface area contributed by atoms with Gasteiger partial charge in [0.1, 0.15) is 17.4 Å². The van der Waals surface area contributed by atoms with Crippen LogP contribution in [-0.2, 0) is 17.8 Å². The van der Waals surface area contributed by atoms with Crippen LogP contribution in [0.1, 0.15) is 42.4 Å². The molecular formula is C22H28FN5O2. The van der Waals surface area contributed by atoms with Gasteiger partial charge in [-0.15, -0.1) is 0 Å². The van der Waals surface area contributed by atoms with E-state index in [9.17, 15) is 9.18 Å². The molecule has 1 fully saturated rings. The van der Waals surface area contributed by atoms with E-state index in [1.807, 2.05) is 11.9 Å². The largest absolute Gasteiger partial charge is 0.484 e. The van der Waals surface area contributed by atoms with E-state index in [4.69, 9.17) is 14.7 Å². The van der Waals surface area contributed by atoms with Crippen LogP contribution in [0.5, 0.6) is 5.75 Å². The molecule has 1 aromatic carbocycles. The molecule has 1 amide bonds. The summed E-state index contributed by atoms with van der Waals surface area (Å²) < 4.78 is 18.7. The molecule has 8 heteroatoms. The maximum Gasteiger partial charge on any atom is 0.261 e. The number of anilines is 1. The van der Waals surface area contributed by atoms with Crippen LogP contribution in [0.3, 0.4) is 0 Å². The van der Waals surface area contributed by atoms with Crippen molar-refractivity contribution in [2.45, 2.75) is 38.3 Å². The Morgan fingerprint density at radius 3 is 2.80 bits per heavy atom. The fraction of sp³-hybridized carbons (Fsp3) is 0.500. The summed E-state index contributed by atoms with van der Waals surface area (Å²) >= 11 is 0. The Morgan fingerprint density at radius 2 is 2.03 bits per heavy atom. The molecule has 4 rings (SSSR count). The zero-order valence-corrected chi connectivity index (χ0v) is 17.5. The van der Waals surface area contributed by atoms with Crippen molar-refractivity contribution in [1.82, 2.24) is 19.8 Å². The van der Waals surface area contributed by atoms with E-state index in [1.165, 1.54) is 29.8 Å². The molecule has 0 radical (unpaired) electrons. The maximum atomic E-state index is 13.1. The lowest BCUT2D eigenvalue weighted by Crippen LogP contribution is -2.42. The van der Waals surface area contributed by atoms with Crippen LogP contribution < -0.4 is 10.1 Å². The number of fused-ring (bicyclic) bond motifs is 1. The predicted octanol–water partition coefficient (Wildman–Crippen LogP) is 2.78. The van der Waals surface area contributed by atoms with Crippen LogP contribution in [0.2, 0.25) is 0 Å². The van der Waals surface area contributed by atoms with Crippen LogP contribution in [0.25, 0.3) is 0 Å². The van der Waals surface area contributed by atoms with Gasteiger partial charge in [0.05, 0.1) is 11.7 Å². The van der Waals surface area contributed by atoms with Gasteiger partial charge in [-0.2, -0.15) is 0 Å². The van der Waals surface area contributed by atoms with Gasteiger partial charge in [0.2, 0.25) is 0 Å². The highest BCUT2D eigenvalue weighted by atomic mass is 19.1. The number of rotatable bonds is 5. The van der Waals surface area contributed by atoms with Crippen molar-refractivity contribution in [2.75, 3.05) is 39.1 Å². The summed E-state index contributed by atoms with van der Waals surface area (Å²) in [5.41, 5.74) is 2.21. The number of hydrogen-bond acceptors (Lipinski definition) is 6. The molecule has 30 heavy (non-hydrogen) atoms. The Labute approximate surface area is 176 Å². The van der Waals surface area contributed by atoms with Crippen molar-refractivity contribution >= 4 is 11.7 Å². The number of aromatic nitrogens is 2. The zero-order chi connectivity index (χ0) is 21.1. The minimum atomic E-state index is -0.333. The normalized spacial score (nSPS) is 19.3. The highest BCUT2D eigenvalue weighted by molar-refractivity contribution is 5.78. The fourth-order valence-corrected chi connectivity index (χ4v) is 4.19. The number of carbonyl (C=O) groups excluding carboxylic acids is 1. The lowest BCUT2D eigenvalue weighted by Gasteiger charge is -2.35. The van der Waals surface area contributed by atoms with Gasteiger partial charge in [0, 0.05) is 32.2 Å². The number of likely N-dealkylation sites (tertiary alicyclic amines) is 1. The zero-order valence-electron chi connectivity index (χ0n) is 17.5. The van der Waals surface area contributed by atoms with Crippen molar-refractivity contribution in [3.63, 3.8) is 0 Å². The topological polar surface area (TPSA) is 70.6 Å². The highest BCUT2D eigenvalue weighted by Gasteiger charge is 2.32. The number of carbonyl (C=O) groups is 1. The van der Waals surface area contributed by atoms with Gasteiger partial charge in [0.25, 0.3) is 5.91 Å². The van der Waals surface area contributed by atoms with E-state index in [1.54, 1.807) is 0 Å². The van der Waals surface area contributed by atoms with E-state index in [-0.39, 0.29) is 24.4 Å². The molecule has 2 aliphatic heterocycles. The first-order valence-corrected chi connectivity index (χ1v) is 10.5. The van der Waals surface area contributed by atoms with Crippen molar-refractivity contribution in [3.8, 4) is 5.75 Å². The Balaban J connectivity index is 1.54. The van der Waals surface area contributed by atoms with Gasteiger partial charge >= 0.3 is 0 Å². The Bertz CT molecular complexity index is 905. The minimum Gasteiger partial charge on any atom is -0.484 e. The van der Waals surface area contributed by atoms with Crippen LogP contribution in [-0.4, -0.2) is 59.5 Å².